The molecule has 1 amide bonds. The van der Waals surface area contributed by atoms with Crippen LogP contribution < -0.4 is 10.1 Å². The van der Waals surface area contributed by atoms with E-state index in [1.54, 1.807) is 12.1 Å². The molecule has 0 saturated carbocycles. The first-order valence-corrected chi connectivity index (χ1v) is 5.42. The summed E-state index contributed by atoms with van der Waals surface area (Å²) in [6, 6.07) is 4.51. The van der Waals surface area contributed by atoms with Gasteiger partial charge in [0.2, 0.25) is 0 Å². The van der Waals surface area contributed by atoms with Gasteiger partial charge in [-0.05, 0) is 25.1 Å². The van der Waals surface area contributed by atoms with Crippen LogP contribution in [0.25, 0.3) is 0 Å². The van der Waals surface area contributed by atoms with E-state index >= 15 is 0 Å². The Balaban J connectivity index is 2.54. The molecule has 0 bridgehead atoms. The van der Waals surface area contributed by atoms with Crippen molar-refractivity contribution < 1.29 is 19.4 Å². The Hall–Kier alpha value is -1.75. The van der Waals surface area contributed by atoms with Crippen molar-refractivity contribution in [3.05, 3.63) is 23.8 Å². The first kappa shape index (κ1) is 13.3. The summed E-state index contributed by atoms with van der Waals surface area (Å²) in [6.45, 7) is 3.44. The average molecular weight is 239 g/mol. The van der Waals surface area contributed by atoms with Crippen molar-refractivity contribution in [2.24, 2.45) is 0 Å². The summed E-state index contributed by atoms with van der Waals surface area (Å²) in [4.78, 5) is 11.6. The monoisotopic (exact) mass is 239 g/mol. The Kier molecular flexibility index (Phi) is 5.29. The Bertz CT molecular complexity index is 379. The predicted octanol–water partition coefficient (Wildman–Crippen LogP) is 1.17. The number of ether oxygens (including phenoxy) is 2. The molecule has 5 nitrogen and oxygen atoms in total. The maximum Gasteiger partial charge on any atom is 0.251 e. The van der Waals surface area contributed by atoms with Crippen LogP contribution in [0.3, 0.4) is 0 Å². The van der Waals surface area contributed by atoms with E-state index in [2.05, 4.69) is 5.32 Å². The molecular formula is C12H17NO4. The fourth-order valence-electron chi connectivity index (χ4n) is 1.31. The standard InChI is InChI=1S/C12H17NO4/c1-3-17-7-6-13-12(15)9-4-5-11(16-2)10(14)8-9/h4-5,8,14H,3,6-7H2,1-2H3,(H,13,15). The lowest BCUT2D eigenvalue weighted by molar-refractivity contribution is 0.0922. The number of carbonyl (C=O) groups is 1. The van der Waals surface area contributed by atoms with E-state index in [-0.39, 0.29) is 11.7 Å². The summed E-state index contributed by atoms with van der Waals surface area (Å²) in [5.41, 5.74) is 0.389. The molecule has 0 atom stereocenters. The highest BCUT2D eigenvalue weighted by Crippen LogP contribution is 2.25. The average Bonchev–Trinajstić information content (AvgIpc) is 2.34. The van der Waals surface area contributed by atoms with Crippen LogP contribution in [0.15, 0.2) is 18.2 Å². The molecule has 0 saturated heterocycles. The Labute approximate surface area is 100 Å². The van der Waals surface area contributed by atoms with Crippen LogP contribution in [-0.4, -0.2) is 37.9 Å². The number of phenolic OH excluding ortho intramolecular Hbond substituents is 1. The van der Waals surface area contributed by atoms with E-state index < -0.39 is 0 Å². The second-order valence-corrected chi connectivity index (χ2v) is 3.34. The molecule has 0 aliphatic carbocycles. The van der Waals surface area contributed by atoms with Gasteiger partial charge in [-0.2, -0.15) is 0 Å². The van der Waals surface area contributed by atoms with E-state index in [9.17, 15) is 9.90 Å². The van der Waals surface area contributed by atoms with Gasteiger partial charge >= 0.3 is 0 Å². The molecule has 0 spiro atoms. The normalized spacial score (nSPS) is 10.0. The summed E-state index contributed by atoms with van der Waals surface area (Å²) in [7, 11) is 1.46. The number of methoxy groups -OCH3 is 1. The molecule has 0 unspecified atom stereocenters. The van der Waals surface area contributed by atoms with Crippen molar-refractivity contribution in [1.82, 2.24) is 5.32 Å². The van der Waals surface area contributed by atoms with Gasteiger partial charge in [0.1, 0.15) is 0 Å². The topological polar surface area (TPSA) is 67.8 Å². The van der Waals surface area contributed by atoms with Crippen molar-refractivity contribution in [2.45, 2.75) is 6.92 Å². The molecule has 1 rings (SSSR count). The van der Waals surface area contributed by atoms with Crippen LogP contribution in [-0.2, 0) is 4.74 Å². The number of phenols is 1. The zero-order valence-corrected chi connectivity index (χ0v) is 10.0. The third-order valence-corrected chi connectivity index (χ3v) is 2.18. The molecule has 2 N–H and O–H groups in total. The van der Waals surface area contributed by atoms with Gasteiger partial charge < -0.3 is 19.9 Å². The number of amides is 1. The summed E-state index contributed by atoms with van der Waals surface area (Å²) < 4.78 is 9.99. The smallest absolute Gasteiger partial charge is 0.251 e. The van der Waals surface area contributed by atoms with Gasteiger partial charge in [-0.25, -0.2) is 0 Å². The van der Waals surface area contributed by atoms with Gasteiger partial charge in [0.05, 0.1) is 13.7 Å². The van der Waals surface area contributed by atoms with Gasteiger partial charge in [-0.15, -0.1) is 0 Å². The number of carbonyl (C=O) groups excluding carboxylic acids is 1. The number of aromatic hydroxyl groups is 1. The maximum atomic E-state index is 11.6. The van der Waals surface area contributed by atoms with Crippen LogP contribution in [0.4, 0.5) is 0 Å². The van der Waals surface area contributed by atoms with Crippen molar-refractivity contribution in [2.75, 3.05) is 26.9 Å². The van der Waals surface area contributed by atoms with Crippen molar-refractivity contribution in [3.8, 4) is 11.5 Å². The van der Waals surface area contributed by atoms with Crippen LogP contribution in [0.1, 0.15) is 17.3 Å². The third-order valence-electron chi connectivity index (χ3n) is 2.18. The molecule has 0 radical (unpaired) electrons. The lowest BCUT2D eigenvalue weighted by Gasteiger charge is -2.07. The van der Waals surface area contributed by atoms with Crippen LogP contribution in [0.2, 0.25) is 0 Å². The second kappa shape index (κ2) is 6.75. The molecule has 1 aromatic rings. The Morgan fingerprint density at radius 1 is 1.47 bits per heavy atom. The van der Waals surface area contributed by atoms with E-state index in [1.807, 2.05) is 6.92 Å². The molecule has 94 valence electrons. The maximum absolute atomic E-state index is 11.6. The van der Waals surface area contributed by atoms with Gasteiger partial charge in [0.25, 0.3) is 5.91 Å². The SMILES string of the molecule is CCOCCNC(=O)c1ccc(OC)c(O)c1. The zero-order valence-electron chi connectivity index (χ0n) is 10.0. The highest BCUT2D eigenvalue weighted by atomic mass is 16.5. The third kappa shape index (κ3) is 3.96. The first-order valence-electron chi connectivity index (χ1n) is 5.42. The summed E-state index contributed by atoms with van der Waals surface area (Å²) in [6.07, 6.45) is 0. The van der Waals surface area contributed by atoms with Gasteiger partial charge in [0.15, 0.2) is 11.5 Å². The quantitative estimate of drug-likeness (QED) is 0.731. The van der Waals surface area contributed by atoms with Crippen LogP contribution in [0.5, 0.6) is 11.5 Å². The zero-order chi connectivity index (χ0) is 12.7. The Morgan fingerprint density at radius 2 is 2.24 bits per heavy atom. The van der Waals surface area contributed by atoms with E-state index in [1.165, 1.54) is 13.2 Å². The molecular weight excluding hydrogens is 222 g/mol. The molecule has 0 heterocycles. The largest absolute Gasteiger partial charge is 0.504 e. The van der Waals surface area contributed by atoms with E-state index in [0.29, 0.717) is 31.1 Å². The van der Waals surface area contributed by atoms with Gasteiger partial charge in [0, 0.05) is 18.7 Å². The number of nitrogens with one attached hydrogen (secondary N) is 1. The van der Waals surface area contributed by atoms with Crippen molar-refractivity contribution in [3.63, 3.8) is 0 Å². The molecule has 0 aromatic heterocycles. The highest BCUT2D eigenvalue weighted by molar-refractivity contribution is 5.94. The van der Waals surface area contributed by atoms with E-state index in [4.69, 9.17) is 9.47 Å². The molecule has 0 fully saturated rings. The van der Waals surface area contributed by atoms with Gasteiger partial charge in [-0.3, -0.25) is 4.79 Å². The lowest BCUT2D eigenvalue weighted by Crippen LogP contribution is -2.27. The fraction of sp³-hybridized carbons (Fsp3) is 0.417. The lowest BCUT2D eigenvalue weighted by atomic mass is 10.2. The molecule has 17 heavy (non-hydrogen) atoms. The minimum Gasteiger partial charge on any atom is -0.504 e. The number of hydrogen-bond donors (Lipinski definition) is 2. The predicted molar refractivity (Wildman–Crippen MR) is 63.5 cm³/mol. The van der Waals surface area contributed by atoms with Crippen LogP contribution in [0, 0.1) is 0 Å². The van der Waals surface area contributed by atoms with Crippen LogP contribution >= 0.6 is 0 Å². The minimum atomic E-state index is -0.248. The molecule has 0 aliphatic heterocycles. The van der Waals surface area contributed by atoms with E-state index in [0.717, 1.165) is 0 Å². The molecule has 0 aliphatic rings. The summed E-state index contributed by atoms with van der Waals surface area (Å²) in [5, 5.41) is 12.2. The fourth-order valence-corrected chi connectivity index (χ4v) is 1.31. The number of benzene rings is 1. The second-order valence-electron chi connectivity index (χ2n) is 3.34. The number of rotatable bonds is 6. The minimum absolute atomic E-state index is 0.0510. The molecule has 5 heteroatoms. The summed E-state index contributed by atoms with van der Waals surface area (Å²) >= 11 is 0. The molecule has 1 aromatic carbocycles. The highest BCUT2D eigenvalue weighted by Gasteiger charge is 2.08. The van der Waals surface area contributed by atoms with Gasteiger partial charge in [-0.1, -0.05) is 0 Å². The number of hydrogen-bond acceptors (Lipinski definition) is 4. The Morgan fingerprint density at radius 3 is 2.82 bits per heavy atom. The first-order chi connectivity index (χ1) is 8.19. The van der Waals surface area contributed by atoms with Crippen molar-refractivity contribution >= 4 is 5.91 Å². The van der Waals surface area contributed by atoms with Crippen molar-refractivity contribution in [1.29, 1.82) is 0 Å². The summed E-state index contributed by atoms with van der Waals surface area (Å²) in [5.74, 6) is 0.0449.